The van der Waals surface area contributed by atoms with Gasteiger partial charge in [-0.3, -0.25) is 0 Å². The van der Waals surface area contributed by atoms with Crippen LogP contribution in [0.2, 0.25) is 0 Å². The summed E-state index contributed by atoms with van der Waals surface area (Å²) in [5, 5.41) is 0. The predicted octanol–water partition coefficient (Wildman–Crippen LogP) is 5.32. The van der Waals surface area contributed by atoms with Gasteiger partial charge in [0.2, 0.25) is 0 Å². The Bertz CT molecular complexity index is 379. The standard InChI is InChI=1S/C18H30O2/c1-17(2,3)12-7-13-19-15-8-10-16(11-9-15)20-14-18(4,5)6/h8-11H,7,12-14H2,1-6H3. The van der Waals surface area contributed by atoms with Gasteiger partial charge in [-0.05, 0) is 47.9 Å². The Kier molecular flexibility index (Phi) is 5.91. The van der Waals surface area contributed by atoms with Crippen LogP contribution in [0.4, 0.5) is 0 Å². The van der Waals surface area contributed by atoms with Gasteiger partial charge >= 0.3 is 0 Å². The SMILES string of the molecule is CC(C)(C)CCCOc1ccc(OCC(C)(C)C)cc1. The first kappa shape index (κ1) is 16.9. The van der Waals surface area contributed by atoms with Crippen molar-refractivity contribution in [1.29, 1.82) is 0 Å². The molecule has 1 aromatic carbocycles. The molecule has 0 aliphatic heterocycles. The molecule has 0 heterocycles. The van der Waals surface area contributed by atoms with E-state index in [0.29, 0.717) is 5.41 Å². The van der Waals surface area contributed by atoms with Crippen LogP contribution in [-0.4, -0.2) is 13.2 Å². The Labute approximate surface area is 124 Å². The fourth-order valence-corrected chi connectivity index (χ4v) is 1.72. The van der Waals surface area contributed by atoms with E-state index in [4.69, 9.17) is 9.47 Å². The highest BCUT2D eigenvalue weighted by atomic mass is 16.5. The van der Waals surface area contributed by atoms with Crippen molar-refractivity contribution in [2.75, 3.05) is 13.2 Å². The van der Waals surface area contributed by atoms with Gasteiger partial charge in [-0.25, -0.2) is 0 Å². The van der Waals surface area contributed by atoms with Crippen LogP contribution >= 0.6 is 0 Å². The summed E-state index contributed by atoms with van der Waals surface area (Å²) in [6.45, 7) is 14.8. The topological polar surface area (TPSA) is 18.5 Å². The van der Waals surface area contributed by atoms with E-state index in [9.17, 15) is 0 Å². The molecule has 114 valence electrons. The van der Waals surface area contributed by atoms with Crippen LogP contribution < -0.4 is 9.47 Å². The van der Waals surface area contributed by atoms with Crippen molar-refractivity contribution in [3.63, 3.8) is 0 Å². The van der Waals surface area contributed by atoms with Crippen molar-refractivity contribution < 1.29 is 9.47 Å². The average Bonchev–Trinajstić information content (AvgIpc) is 2.31. The van der Waals surface area contributed by atoms with E-state index in [-0.39, 0.29) is 5.41 Å². The molecule has 0 fully saturated rings. The number of benzene rings is 1. The zero-order valence-electron chi connectivity index (χ0n) is 14.0. The summed E-state index contributed by atoms with van der Waals surface area (Å²) in [5.74, 6) is 1.82. The molecule has 0 aromatic heterocycles. The molecule has 0 spiro atoms. The van der Waals surface area contributed by atoms with Crippen molar-refractivity contribution in [2.24, 2.45) is 10.8 Å². The minimum absolute atomic E-state index is 0.183. The van der Waals surface area contributed by atoms with Crippen molar-refractivity contribution in [1.82, 2.24) is 0 Å². The van der Waals surface area contributed by atoms with E-state index in [1.165, 1.54) is 6.42 Å². The third-order valence-electron chi connectivity index (χ3n) is 2.84. The van der Waals surface area contributed by atoms with E-state index in [1.54, 1.807) is 0 Å². The lowest BCUT2D eigenvalue weighted by molar-refractivity contribution is 0.197. The molecule has 0 radical (unpaired) electrons. The van der Waals surface area contributed by atoms with Crippen LogP contribution in [0, 0.1) is 10.8 Å². The van der Waals surface area contributed by atoms with Crippen LogP contribution in [-0.2, 0) is 0 Å². The molecule has 0 unspecified atom stereocenters. The Balaban J connectivity index is 2.32. The highest BCUT2D eigenvalue weighted by molar-refractivity contribution is 5.31. The molecule has 0 aliphatic carbocycles. The number of hydrogen-bond donors (Lipinski definition) is 0. The van der Waals surface area contributed by atoms with Crippen molar-refractivity contribution in [2.45, 2.75) is 54.4 Å². The van der Waals surface area contributed by atoms with Gasteiger partial charge in [-0.15, -0.1) is 0 Å². The highest BCUT2D eigenvalue weighted by Gasteiger charge is 2.11. The first-order chi connectivity index (χ1) is 9.16. The fraction of sp³-hybridized carbons (Fsp3) is 0.667. The van der Waals surface area contributed by atoms with Crippen LogP contribution in [0.25, 0.3) is 0 Å². The summed E-state index contributed by atoms with van der Waals surface area (Å²) in [6, 6.07) is 7.92. The lowest BCUT2D eigenvalue weighted by Gasteiger charge is -2.19. The minimum atomic E-state index is 0.183. The molecule has 2 nitrogen and oxygen atoms in total. The lowest BCUT2D eigenvalue weighted by atomic mass is 9.91. The van der Waals surface area contributed by atoms with Gasteiger partial charge in [0.25, 0.3) is 0 Å². The summed E-state index contributed by atoms with van der Waals surface area (Å²) in [5.41, 5.74) is 0.566. The minimum Gasteiger partial charge on any atom is -0.494 e. The van der Waals surface area contributed by atoms with Crippen LogP contribution in [0.1, 0.15) is 54.4 Å². The Morgan fingerprint density at radius 2 is 1.25 bits per heavy atom. The predicted molar refractivity (Wildman–Crippen MR) is 85.6 cm³/mol. The number of hydrogen-bond acceptors (Lipinski definition) is 2. The molecular weight excluding hydrogens is 248 g/mol. The summed E-state index contributed by atoms with van der Waals surface area (Å²) >= 11 is 0. The van der Waals surface area contributed by atoms with Crippen molar-refractivity contribution in [3.05, 3.63) is 24.3 Å². The molecule has 0 bridgehead atoms. The summed E-state index contributed by atoms with van der Waals surface area (Å²) in [7, 11) is 0. The van der Waals surface area contributed by atoms with Crippen LogP contribution in [0.3, 0.4) is 0 Å². The van der Waals surface area contributed by atoms with Crippen LogP contribution in [0.5, 0.6) is 11.5 Å². The zero-order valence-corrected chi connectivity index (χ0v) is 14.0. The summed E-state index contributed by atoms with van der Waals surface area (Å²) in [4.78, 5) is 0. The Morgan fingerprint density at radius 1 is 0.750 bits per heavy atom. The molecule has 20 heavy (non-hydrogen) atoms. The van der Waals surface area contributed by atoms with E-state index in [1.807, 2.05) is 24.3 Å². The van der Waals surface area contributed by atoms with Gasteiger partial charge in [0.15, 0.2) is 0 Å². The van der Waals surface area contributed by atoms with Crippen LogP contribution in [0.15, 0.2) is 24.3 Å². The second-order valence-corrected chi connectivity index (χ2v) is 7.83. The molecule has 0 aliphatic rings. The molecule has 0 saturated carbocycles. The van der Waals surface area contributed by atoms with E-state index >= 15 is 0 Å². The van der Waals surface area contributed by atoms with Crippen molar-refractivity contribution in [3.8, 4) is 11.5 Å². The maximum atomic E-state index is 5.75. The van der Waals surface area contributed by atoms with E-state index < -0.39 is 0 Å². The highest BCUT2D eigenvalue weighted by Crippen LogP contribution is 2.23. The molecule has 1 rings (SSSR count). The van der Waals surface area contributed by atoms with E-state index in [2.05, 4.69) is 41.5 Å². The Hall–Kier alpha value is -1.18. The molecule has 2 heteroatoms. The smallest absolute Gasteiger partial charge is 0.119 e. The van der Waals surface area contributed by atoms with Gasteiger partial charge in [-0.1, -0.05) is 41.5 Å². The number of ether oxygens (including phenoxy) is 2. The molecule has 0 saturated heterocycles. The summed E-state index contributed by atoms with van der Waals surface area (Å²) in [6.07, 6.45) is 2.27. The molecule has 0 N–H and O–H groups in total. The third kappa shape index (κ3) is 8.08. The monoisotopic (exact) mass is 278 g/mol. The number of rotatable bonds is 6. The van der Waals surface area contributed by atoms with E-state index in [0.717, 1.165) is 31.1 Å². The first-order valence-corrected chi connectivity index (χ1v) is 7.51. The molecule has 1 aromatic rings. The normalized spacial score (nSPS) is 12.3. The Morgan fingerprint density at radius 3 is 1.70 bits per heavy atom. The second kappa shape index (κ2) is 7.01. The molecule has 0 atom stereocenters. The van der Waals surface area contributed by atoms with Gasteiger partial charge in [-0.2, -0.15) is 0 Å². The van der Waals surface area contributed by atoms with Crippen molar-refractivity contribution >= 4 is 0 Å². The molecule has 0 amide bonds. The summed E-state index contributed by atoms with van der Waals surface area (Å²) < 4.78 is 11.5. The maximum Gasteiger partial charge on any atom is 0.119 e. The zero-order chi connectivity index (χ0) is 15.2. The maximum absolute atomic E-state index is 5.75. The fourth-order valence-electron chi connectivity index (χ4n) is 1.72. The quantitative estimate of drug-likeness (QED) is 0.656. The van der Waals surface area contributed by atoms with Gasteiger partial charge < -0.3 is 9.47 Å². The third-order valence-corrected chi connectivity index (χ3v) is 2.84. The lowest BCUT2D eigenvalue weighted by Crippen LogP contribution is -2.16. The molecular formula is C18H30O2. The average molecular weight is 278 g/mol. The largest absolute Gasteiger partial charge is 0.494 e. The van der Waals surface area contributed by atoms with Gasteiger partial charge in [0.1, 0.15) is 11.5 Å². The van der Waals surface area contributed by atoms with Gasteiger partial charge in [0.05, 0.1) is 13.2 Å². The first-order valence-electron chi connectivity index (χ1n) is 7.51. The second-order valence-electron chi connectivity index (χ2n) is 7.83. The van der Waals surface area contributed by atoms with Gasteiger partial charge in [0, 0.05) is 0 Å².